The number of nitrogens with one attached hydrogen (secondary N) is 1. The van der Waals surface area contributed by atoms with Gasteiger partial charge in [0.2, 0.25) is 0 Å². The molecular weight excluding hydrogens is 246 g/mol. The van der Waals surface area contributed by atoms with Crippen molar-refractivity contribution < 1.29 is 8.78 Å². The third-order valence-electron chi connectivity index (χ3n) is 3.13. The van der Waals surface area contributed by atoms with Crippen molar-refractivity contribution in [2.75, 3.05) is 7.05 Å². The molecule has 0 bridgehead atoms. The van der Waals surface area contributed by atoms with Gasteiger partial charge < -0.3 is 5.32 Å². The summed E-state index contributed by atoms with van der Waals surface area (Å²) in [5.41, 5.74) is 2.28. The van der Waals surface area contributed by atoms with Crippen molar-refractivity contribution in [3.05, 3.63) is 65.0 Å². The van der Waals surface area contributed by atoms with Crippen LogP contribution in [0.3, 0.4) is 0 Å². The van der Waals surface area contributed by atoms with Gasteiger partial charge in [0, 0.05) is 17.9 Å². The smallest absolute Gasteiger partial charge is 0.162 e. The van der Waals surface area contributed by atoms with Crippen LogP contribution in [0.1, 0.15) is 22.9 Å². The van der Waals surface area contributed by atoms with Gasteiger partial charge in [0.1, 0.15) is 0 Å². The number of benzene rings is 1. The van der Waals surface area contributed by atoms with Crippen LogP contribution >= 0.6 is 0 Å². The number of rotatable bonds is 4. The van der Waals surface area contributed by atoms with Gasteiger partial charge in [-0.15, -0.1) is 0 Å². The first-order chi connectivity index (χ1) is 9.11. The highest BCUT2D eigenvalue weighted by atomic mass is 19.2. The van der Waals surface area contributed by atoms with Crippen molar-refractivity contribution in [2.45, 2.75) is 19.4 Å². The molecule has 2 nitrogen and oxygen atoms in total. The molecule has 1 aromatic heterocycles. The first-order valence-electron chi connectivity index (χ1n) is 6.14. The van der Waals surface area contributed by atoms with E-state index in [9.17, 15) is 8.78 Å². The summed E-state index contributed by atoms with van der Waals surface area (Å²) in [4.78, 5) is 4.13. The molecule has 0 fully saturated rings. The van der Waals surface area contributed by atoms with Crippen LogP contribution in [0.4, 0.5) is 8.78 Å². The average molecular weight is 262 g/mol. The highest BCUT2D eigenvalue weighted by Gasteiger charge is 2.15. The summed E-state index contributed by atoms with van der Waals surface area (Å²) in [6.45, 7) is 1.90. The van der Waals surface area contributed by atoms with Gasteiger partial charge in [-0.2, -0.15) is 0 Å². The van der Waals surface area contributed by atoms with E-state index in [1.54, 1.807) is 19.3 Å². The van der Waals surface area contributed by atoms with Gasteiger partial charge >= 0.3 is 0 Å². The van der Waals surface area contributed by atoms with E-state index in [0.29, 0.717) is 12.0 Å². The van der Waals surface area contributed by atoms with E-state index in [-0.39, 0.29) is 6.04 Å². The Morgan fingerprint density at radius 3 is 2.74 bits per heavy atom. The highest BCUT2D eigenvalue weighted by molar-refractivity contribution is 5.25. The second-order valence-electron chi connectivity index (χ2n) is 4.49. The summed E-state index contributed by atoms with van der Waals surface area (Å²) in [6, 6.07) is 8.01. The summed E-state index contributed by atoms with van der Waals surface area (Å²) in [5, 5.41) is 3.12. The molecule has 1 N–H and O–H groups in total. The summed E-state index contributed by atoms with van der Waals surface area (Å²) >= 11 is 0. The van der Waals surface area contributed by atoms with Crippen LogP contribution in [0.2, 0.25) is 0 Å². The predicted octanol–water partition coefficient (Wildman–Crippen LogP) is 3.17. The quantitative estimate of drug-likeness (QED) is 0.915. The Hall–Kier alpha value is -1.81. The topological polar surface area (TPSA) is 24.9 Å². The first-order valence-corrected chi connectivity index (χ1v) is 6.14. The summed E-state index contributed by atoms with van der Waals surface area (Å²) < 4.78 is 26.9. The molecule has 0 radical (unpaired) electrons. The molecule has 19 heavy (non-hydrogen) atoms. The lowest BCUT2D eigenvalue weighted by molar-refractivity contribution is 0.487. The van der Waals surface area contributed by atoms with Crippen molar-refractivity contribution in [1.82, 2.24) is 10.3 Å². The zero-order valence-electron chi connectivity index (χ0n) is 11.0. The van der Waals surface area contributed by atoms with Gasteiger partial charge in [-0.05, 0) is 49.7 Å². The van der Waals surface area contributed by atoms with Crippen LogP contribution in [0.15, 0.2) is 36.5 Å². The Kier molecular flexibility index (Phi) is 4.22. The zero-order valence-corrected chi connectivity index (χ0v) is 11.0. The molecule has 1 atom stereocenters. The Balaban J connectivity index is 2.26. The fourth-order valence-electron chi connectivity index (χ4n) is 2.10. The standard InChI is InChI=1S/C15H16F2N2/c1-10-8-11(6-7-19-10)14(18-2)9-12-4-3-5-13(16)15(12)17/h3-8,14,18H,9H2,1-2H3. The number of hydrogen-bond acceptors (Lipinski definition) is 2. The van der Waals surface area contributed by atoms with Gasteiger partial charge in [0.25, 0.3) is 0 Å². The number of aryl methyl sites for hydroxylation is 1. The molecule has 0 aliphatic rings. The average Bonchev–Trinajstić information content (AvgIpc) is 2.40. The molecule has 0 saturated heterocycles. The van der Waals surface area contributed by atoms with Gasteiger partial charge in [-0.1, -0.05) is 12.1 Å². The maximum absolute atomic E-state index is 13.7. The van der Waals surface area contributed by atoms with Crippen molar-refractivity contribution in [3.8, 4) is 0 Å². The number of aromatic nitrogens is 1. The molecule has 1 unspecified atom stereocenters. The number of nitrogens with zero attached hydrogens (tertiary/aromatic N) is 1. The minimum Gasteiger partial charge on any atom is -0.313 e. The lowest BCUT2D eigenvalue weighted by atomic mass is 9.99. The molecule has 2 aromatic rings. The molecule has 0 spiro atoms. The van der Waals surface area contributed by atoms with E-state index in [4.69, 9.17) is 0 Å². The minimum absolute atomic E-state index is 0.0713. The van der Waals surface area contributed by atoms with Gasteiger partial charge in [0.15, 0.2) is 11.6 Å². The maximum Gasteiger partial charge on any atom is 0.162 e. The molecule has 1 aromatic carbocycles. The van der Waals surface area contributed by atoms with E-state index in [2.05, 4.69) is 10.3 Å². The predicted molar refractivity (Wildman–Crippen MR) is 70.8 cm³/mol. The Labute approximate surface area is 111 Å². The molecule has 1 heterocycles. The second-order valence-corrected chi connectivity index (χ2v) is 4.49. The van der Waals surface area contributed by atoms with Gasteiger partial charge in [-0.3, -0.25) is 4.98 Å². The van der Waals surface area contributed by atoms with E-state index in [1.807, 2.05) is 19.1 Å². The number of hydrogen-bond donors (Lipinski definition) is 1. The van der Waals surface area contributed by atoms with Gasteiger partial charge in [0.05, 0.1) is 0 Å². The monoisotopic (exact) mass is 262 g/mol. The van der Waals surface area contributed by atoms with Crippen LogP contribution in [0, 0.1) is 18.6 Å². The van der Waals surface area contributed by atoms with Crippen molar-refractivity contribution >= 4 is 0 Å². The third-order valence-corrected chi connectivity index (χ3v) is 3.13. The lowest BCUT2D eigenvalue weighted by Crippen LogP contribution is -2.19. The summed E-state index contributed by atoms with van der Waals surface area (Å²) in [6.07, 6.45) is 2.11. The van der Waals surface area contributed by atoms with E-state index in [0.717, 1.165) is 17.3 Å². The van der Waals surface area contributed by atoms with Crippen molar-refractivity contribution in [3.63, 3.8) is 0 Å². The van der Waals surface area contributed by atoms with Gasteiger partial charge in [-0.25, -0.2) is 8.78 Å². The molecule has 2 rings (SSSR count). The van der Waals surface area contributed by atoms with Crippen LogP contribution in [0.5, 0.6) is 0 Å². The van der Waals surface area contributed by atoms with Crippen molar-refractivity contribution in [2.24, 2.45) is 0 Å². The first kappa shape index (κ1) is 13.6. The molecule has 100 valence electrons. The van der Waals surface area contributed by atoms with Crippen LogP contribution in [-0.4, -0.2) is 12.0 Å². The molecular formula is C15H16F2N2. The number of pyridine rings is 1. The summed E-state index contributed by atoms with van der Waals surface area (Å²) in [5.74, 6) is -1.58. The minimum atomic E-state index is -0.807. The Morgan fingerprint density at radius 1 is 1.26 bits per heavy atom. The zero-order chi connectivity index (χ0) is 13.8. The molecule has 4 heteroatoms. The van der Waals surface area contributed by atoms with E-state index >= 15 is 0 Å². The fourth-order valence-corrected chi connectivity index (χ4v) is 2.10. The lowest BCUT2D eigenvalue weighted by Gasteiger charge is -2.17. The normalized spacial score (nSPS) is 12.4. The van der Waals surface area contributed by atoms with E-state index in [1.165, 1.54) is 6.07 Å². The number of likely N-dealkylation sites (N-methyl/N-ethyl adjacent to an activating group) is 1. The maximum atomic E-state index is 13.7. The molecule has 0 aliphatic carbocycles. The molecule has 0 saturated carbocycles. The molecule has 0 amide bonds. The summed E-state index contributed by atoms with van der Waals surface area (Å²) in [7, 11) is 1.80. The third kappa shape index (κ3) is 3.15. The van der Waals surface area contributed by atoms with Crippen LogP contribution in [0.25, 0.3) is 0 Å². The van der Waals surface area contributed by atoms with Crippen LogP contribution < -0.4 is 5.32 Å². The van der Waals surface area contributed by atoms with E-state index < -0.39 is 11.6 Å². The Bertz CT molecular complexity index is 570. The second kappa shape index (κ2) is 5.89. The van der Waals surface area contributed by atoms with Crippen LogP contribution in [-0.2, 0) is 6.42 Å². The number of halogens is 2. The Morgan fingerprint density at radius 2 is 2.05 bits per heavy atom. The van der Waals surface area contributed by atoms with Crippen molar-refractivity contribution in [1.29, 1.82) is 0 Å². The largest absolute Gasteiger partial charge is 0.313 e. The molecule has 0 aliphatic heterocycles. The fraction of sp³-hybridized carbons (Fsp3) is 0.267. The SMILES string of the molecule is CNC(Cc1cccc(F)c1F)c1ccnc(C)c1. The highest BCUT2D eigenvalue weighted by Crippen LogP contribution is 2.21.